The number of allylic oxidation sites excluding steroid dienone is 1. The van der Waals surface area contributed by atoms with Gasteiger partial charge in [-0.2, -0.15) is 8.78 Å². The summed E-state index contributed by atoms with van der Waals surface area (Å²) in [4.78, 5) is 0. The summed E-state index contributed by atoms with van der Waals surface area (Å²) in [5.74, 6) is 4.24. The topological polar surface area (TPSA) is 9.23 Å². The van der Waals surface area contributed by atoms with Gasteiger partial charge in [0.05, 0.1) is 6.61 Å². The Morgan fingerprint density at radius 1 is 0.933 bits per heavy atom. The van der Waals surface area contributed by atoms with Gasteiger partial charge in [0.2, 0.25) is 0 Å². The minimum absolute atomic E-state index is 0.118. The maximum absolute atomic E-state index is 12.6. The highest BCUT2D eigenvalue weighted by molar-refractivity contribution is 5.37. The molecule has 0 amide bonds. The van der Waals surface area contributed by atoms with Crippen LogP contribution in [-0.2, 0) is 12.8 Å². The average molecular weight is 417 g/mol. The Bertz CT molecular complexity index is 724. The van der Waals surface area contributed by atoms with Gasteiger partial charge in [0, 0.05) is 0 Å². The second kappa shape index (κ2) is 10.3. The first-order chi connectivity index (χ1) is 14.6. The van der Waals surface area contributed by atoms with Crippen LogP contribution in [0.5, 0.6) is 5.75 Å². The van der Waals surface area contributed by atoms with E-state index in [4.69, 9.17) is 4.74 Å². The van der Waals surface area contributed by atoms with Crippen molar-refractivity contribution in [3.05, 3.63) is 41.5 Å². The van der Waals surface area contributed by atoms with Gasteiger partial charge in [-0.3, -0.25) is 0 Å². The standard InChI is InChI=1S/C27H38F2O/c1-2-3-4-13-30-26-12-11-24-17-23(9-10-25(24)18-26)22-8-7-20-14-19(15-27(28)29)5-6-21(20)16-22/h11-12,15,18-23H,2-10,13-14,16-17H2,1H3/t19-,20?,21-,22?,23?/m1/s1. The van der Waals surface area contributed by atoms with Crippen LogP contribution in [0.25, 0.3) is 0 Å². The molecular formula is C27H38F2O. The van der Waals surface area contributed by atoms with E-state index in [-0.39, 0.29) is 5.92 Å². The molecule has 4 rings (SSSR count). The third-order valence-corrected chi connectivity index (χ3v) is 8.18. The molecule has 1 nitrogen and oxygen atoms in total. The van der Waals surface area contributed by atoms with Crippen molar-refractivity contribution >= 4 is 0 Å². The molecule has 0 radical (unpaired) electrons. The molecule has 0 bridgehead atoms. The molecule has 0 saturated heterocycles. The molecule has 1 aromatic carbocycles. The van der Waals surface area contributed by atoms with Crippen LogP contribution in [0.4, 0.5) is 8.78 Å². The normalized spacial score (nSPS) is 30.8. The smallest absolute Gasteiger partial charge is 0.266 e. The van der Waals surface area contributed by atoms with E-state index >= 15 is 0 Å². The van der Waals surface area contributed by atoms with Crippen LogP contribution in [-0.4, -0.2) is 6.61 Å². The molecule has 2 fully saturated rings. The Kier molecular flexibility index (Phi) is 7.49. The molecule has 3 aliphatic rings. The Morgan fingerprint density at radius 2 is 1.70 bits per heavy atom. The summed E-state index contributed by atoms with van der Waals surface area (Å²) in [6.07, 6.45) is 14.0. The third kappa shape index (κ3) is 5.45. The zero-order valence-corrected chi connectivity index (χ0v) is 18.6. The van der Waals surface area contributed by atoms with Gasteiger partial charge in [-0.05, 0) is 123 Å². The number of fused-ring (bicyclic) bond motifs is 2. The van der Waals surface area contributed by atoms with Crippen molar-refractivity contribution in [3.8, 4) is 5.75 Å². The molecule has 30 heavy (non-hydrogen) atoms. The molecule has 0 heterocycles. The molecule has 166 valence electrons. The van der Waals surface area contributed by atoms with Crippen molar-refractivity contribution in [2.75, 3.05) is 6.61 Å². The van der Waals surface area contributed by atoms with Gasteiger partial charge in [-0.15, -0.1) is 0 Å². The minimum Gasteiger partial charge on any atom is -0.494 e. The van der Waals surface area contributed by atoms with Crippen LogP contribution in [0.1, 0.15) is 82.3 Å². The summed E-state index contributed by atoms with van der Waals surface area (Å²) >= 11 is 0. The first-order valence-electron chi connectivity index (χ1n) is 12.4. The van der Waals surface area contributed by atoms with Gasteiger partial charge in [-0.25, -0.2) is 0 Å². The van der Waals surface area contributed by atoms with E-state index in [2.05, 4.69) is 25.1 Å². The summed E-state index contributed by atoms with van der Waals surface area (Å²) < 4.78 is 31.2. The molecule has 1 aromatic rings. The molecule has 3 heteroatoms. The zero-order valence-electron chi connectivity index (χ0n) is 18.6. The van der Waals surface area contributed by atoms with Crippen LogP contribution in [0.3, 0.4) is 0 Å². The molecule has 0 spiro atoms. The highest BCUT2D eigenvalue weighted by atomic mass is 19.3. The molecule has 0 aliphatic heterocycles. The van der Waals surface area contributed by atoms with E-state index in [1.165, 1.54) is 68.6 Å². The van der Waals surface area contributed by atoms with Crippen molar-refractivity contribution in [1.29, 1.82) is 0 Å². The number of rotatable bonds is 7. The second-order valence-electron chi connectivity index (χ2n) is 10.1. The lowest BCUT2D eigenvalue weighted by Gasteiger charge is -2.44. The highest BCUT2D eigenvalue weighted by Gasteiger charge is 2.38. The molecular weight excluding hydrogens is 378 g/mol. The summed E-state index contributed by atoms with van der Waals surface area (Å²) in [5.41, 5.74) is 3.02. The van der Waals surface area contributed by atoms with E-state index in [1.54, 1.807) is 0 Å². The molecule has 5 atom stereocenters. The SMILES string of the molecule is CCCCCOc1ccc2c(c1)CCC(C1CCC3C[C@H](C=C(F)F)CC[C@@H]3C1)C2. The number of hydrogen-bond acceptors (Lipinski definition) is 1. The number of benzene rings is 1. The first-order valence-corrected chi connectivity index (χ1v) is 12.4. The first kappa shape index (κ1) is 21.8. The Morgan fingerprint density at radius 3 is 2.50 bits per heavy atom. The van der Waals surface area contributed by atoms with Gasteiger partial charge in [0.25, 0.3) is 6.08 Å². The highest BCUT2D eigenvalue weighted by Crippen LogP contribution is 2.48. The maximum atomic E-state index is 12.6. The number of halogens is 2. The van der Waals surface area contributed by atoms with Gasteiger partial charge >= 0.3 is 0 Å². The van der Waals surface area contributed by atoms with Crippen LogP contribution < -0.4 is 4.74 Å². The van der Waals surface area contributed by atoms with E-state index in [0.29, 0.717) is 5.92 Å². The summed E-state index contributed by atoms with van der Waals surface area (Å²) in [6, 6.07) is 6.77. The summed E-state index contributed by atoms with van der Waals surface area (Å²) in [5, 5.41) is 0. The van der Waals surface area contributed by atoms with Crippen LogP contribution in [0.15, 0.2) is 30.4 Å². The third-order valence-electron chi connectivity index (χ3n) is 8.18. The van der Waals surface area contributed by atoms with Crippen molar-refractivity contribution in [1.82, 2.24) is 0 Å². The van der Waals surface area contributed by atoms with Gasteiger partial charge < -0.3 is 4.74 Å². The predicted octanol–water partition coefficient (Wildman–Crippen LogP) is 7.97. The van der Waals surface area contributed by atoms with Crippen molar-refractivity contribution < 1.29 is 13.5 Å². The molecule has 2 saturated carbocycles. The lowest BCUT2D eigenvalue weighted by atomic mass is 9.61. The number of unbranched alkanes of at least 4 members (excludes halogenated alkanes) is 2. The predicted molar refractivity (Wildman–Crippen MR) is 119 cm³/mol. The van der Waals surface area contributed by atoms with E-state index < -0.39 is 6.08 Å². The second-order valence-corrected chi connectivity index (χ2v) is 10.1. The van der Waals surface area contributed by atoms with Gasteiger partial charge in [0.1, 0.15) is 5.75 Å². The van der Waals surface area contributed by atoms with Gasteiger partial charge in [0.15, 0.2) is 0 Å². The van der Waals surface area contributed by atoms with Crippen molar-refractivity contribution in [2.45, 2.75) is 84.0 Å². The molecule has 3 aliphatic carbocycles. The molecule has 3 unspecified atom stereocenters. The fourth-order valence-electron chi connectivity index (χ4n) is 6.51. The average Bonchev–Trinajstić information content (AvgIpc) is 2.75. The van der Waals surface area contributed by atoms with Crippen molar-refractivity contribution in [3.63, 3.8) is 0 Å². The quantitative estimate of drug-likeness (QED) is 0.409. The van der Waals surface area contributed by atoms with Crippen LogP contribution in [0, 0.1) is 29.6 Å². The molecule has 0 N–H and O–H groups in total. The molecule has 0 aromatic heterocycles. The van der Waals surface area contributed by atoms with Crippen molar-refractivity contribution in [2.24, 2.45) is 29.6 Å². The Hall–Kier alpha value is -1.38. The summed E-state index contributed by atoms with van der Waals surface area (Å²) in [7, 11) is 0. The minimum atomic E-state index is -1.48. The largest absolute Gasteiger partial charge is 0.494 e. The zero-order chi connectivity index (χ0) is 20.9. The van der Waals surface area contributed by atoms with Crippen LogP contribution in [0.2, 0.25) is 0 Å². The lowest BCUT2D eigenvalue weighted by molar-refractivity contribution is 0.0802. The fourth-order valence-corrected chi connectivity index (χ4v) is 6.51. The monoisotopic (exact) mass is 416 g/mol. The number of ether oxygens (including phenoxy) is 1. The van der Waals surface area contributed by atoms with E-state index in [1.807, 2.05) is 0 Å². The lowest BCUT2D eigenvalue weighted by Crippen LogP contribution is -2.34. The number of hydrogen-bond donors (Lipinski definition) is 0. The van der Waals surface area contributed by atoms with Gasteiger partial charge in [-0.1, -0.05) is 25.8 Å². The summed E-state index contributed by atoms with van der Waals surface area (Å²) in [6.45, 7) is 3.05. The Labute approximate surface area is 181 Å². The van der Waals surface area contributed by atoms with E-state index in [9.17, 15) is 8.78 Å². The Balaban J connectivity index is 1.30. The fraction of sp³-hybridized carbons (Fsp3) is 0.704. The van der Waals surface area contributed by atoms with Crippen LogP contribution >= 0.6 is 0 Å². The maximum Gasteiger partial charge on any atom is 0.266 e. The number of aryl methyl sites for hydroxylation is 1. The van der Waals surface area contributed by atoms with E-state index in [0.717, 1.165) is 55.8 Å².